The molecule has 1 saturated carbocycles. The van der Waals surface area contributed by atoms with Gasteiger partial charge in [-0.05, 0) is 36.8 Å². The molecule has 0 radical (unpaired) electrons. The Balaban J connectivity index is 1.81. The number of carbonyl (C=O) groups is 1. The number of carbonyl (C=O) groups excluding carboxylic acids is 1. The maximum Gasteiger partial charge on any atom is 0.223 e. The summed E-state index contributed by atoms with van der Waals surface area (Å²) in [5.74, 6) is 0.280. The number of aryl methyl sites for hydroxylation is 1. The second-order valence-electron chi connectivity index (χ2n) is 4.71. The van der Waals surface area contributed by atoms with E-state index in [1.807, 2.05) is 18.4 Å². The van der Waals surface area contributed by atoms with Crippen LogP contribution in [0.2, 0.25) is 0 Å². The fraction of sp³-hybridized carbons (Fsp3) is 0.615. The topological polar surface area (TPSA) is 49.3 Å². The van der Waals surface area contributed by atoms with Gasteiger partial charge in [-0.25, -0.2) is 0 Å². The van der Waals surface area contributed by atoms with E-state index < -0.39 is 6.10 Å². The first-order valence-electron chi connectivity index (χ1n) is 6.18. The van der Waals surface area contributed by atoms with Crippen LogP contribution in [0.3, 0.4) is 0 Å². The average molecular weight is 253 g/mol. The van der Waals surface area contributed by atoms with Gasteiger partial charge in [0.15, 0.2) is 0 Å². The van der Waals surface area contributed by atoms with E-state index in [0.717, 1.165) is 36.1 Å². The van der Waals surface area contributed by atoms with Gasteiger partial charge < -0.3 is 10.4 Å². The largest absolute Gasteiger partial charge is 0.386 e. The van der Waals surface area contributed by atoms with Crippen LogP contribution in [0, 0.1) is 12.8 Å². The Bertz CT molecular complexity index is 383. The molecule has 1 fully saturated rings. The van der Waals surface area contributed by atoms with Crippen molar-refractivity contribution in [2.45, 2.75) is 38.7 Å². The standard InChI is InChI=1S/C13H19NO2S/c1-9-6-7-17-12(9)11(15)8-14-13(16)10-4-2-3-5-10/h6-7,10-11,15H,2-5,8H2,1H3,(H,14,16). The number of rotatable bonds is 4. The molecule has 94 valence electrons. The molecular formula is C13H19NO2S. The molecule has 1 aliphatic carbocycles. The first-order valence-corrected chi connectivity index (χ1v) is 7.06. The number of hydrogen-bond donors (Lipinski definition) is 2. The second-order valence-corrected chi connectivity index (χ2v) is 5.66. The van der Waals surface area contributed by atoms with Crippen molar-refractivity contribution >= 4 is 17.2 Å². The third-order valence-electron chi connectivity index (χ3n) is 3.40. The Morgan fingerprint density at radius 2 is 2.29 bits per heavy atom. The Kier molecular flexibility index (Phi) is 4.18. The number of nitrogens with one attached hydrogen (secondary N) is 1. The van der Waals surface area contributed by atoms with Gasteiger partial charge in [0.2, 0.25) is 5.91 Å². The van der Waals surface area contributed by atoms with Gasteiger partial charge in [0.05, 0.1) is 0 Å². The Hall–Kier alpha value is -0.870. The number of amides is 1. The van der Waals surface area contributed by atoms with E-state index in [0.29, 0.717) is 6.54 Å². The molecule has 0 bridgehead atoms. The lowest BCUT2D eigenvalue weighted by atomic mass is 10.1. The Labute approximate surface area is 106 Å². The Morgan fingerprint density at radius 1 is 1.59 bits per heavy atom. The second kappa shape index (κ2) is 5.65. The van der Waals surface area contributed by atoms with Crippen LogP contribution in [0.15, 0.2) is 11.4 Å². The molecule has 1 aromatic heterocycles. The van der Waals surface area contributed by atoms with Crippen LogP contribution >= 0.6 is 11.3 Å². The third-order valence-corrected chi connectivity index (χ3v) is 4.52. The average Bonchev–Trinajstić information content (AvgIpc) is 2.95. The Morgan fingerprint density at radius 3 is 2.88 bits per heavy atom. The van der Waals surface area contributed by atoms with Gasteiger partial charge >= 0.3 is 0 Å². The summed E-state index contributed by atoms with van der Waals surface area (Å²) in [4.78, 5) is 12.7. The van der Waals surface area contributed by atoms with E-state index in [2.05, 4.69) is 5.32 Å². The molecule has 2 rings (SSSR count). The molecular weight excluding hydrogens is 234 g/mol. The number of hydrogen-bond acceptors (Lipinski definition) is 3. The molecule has 3 nitrogen and oxygen atoms in total. The minimum atomic E-state index is -0.569. The number of aliphatic hydroxyl groups is 1. The molecule has 0 aliphatic heterocycles. The molecule has 0 spiro atoms. The maximum absolute atomic E-state index is 11.8. The highest BCUT2D eigenvalue weighted by atomic mass is 32.1. The van der Waals surface area contributed by atoms with Crippen LogP contribution in [-0.2, 0) is 4.79 Å². The van der Waals surface area contributed by atoms with E-state index in [1.54, 1.807) is 11.3 Å². The van der Waals surface area contributed by atoms with Gasteiger partial charge in [0.1, 0.15) is 6.10 Å². The van der Waals surface area contributed by atoms with E-state index in [1.165, 1.54) is 0 Å². The summed E-state index contributed by atoms with van der Waals surface area (Å²) in [7, 11) is 0. The van der Waals surface area contributed by atoms with Crippen molar-refractivity contribution in [3.05, 3.63) is 21.9 Å². The highest BCUT2D eigenvalue weighted by molar-refractivity contribution is 7.10. The van der Waals surface area contributed by atoms with Crippen molar-refractivity contribution in [3.8, 4) is 0 Å². The van der Waals surface area contributed by atoms with Crippen LogP contribution in [0.1, 0.15) is 42.2 Å². The van der Waals surface area contributed by atoms with Crippen molar-refractivity contribution in [2.24, 2.45) is 5.92 Å². The maximum atomic E-state index is 11.8. The van der Waals surface area contributed by atoms with Crippen LogP contribution in [-0.4, -0.2) is 17.6 Å². The summed E-state index contributed by atoms with van der Waals surface area (Å²) in [6.45, 7) is 2.31. The van der Waals surface area contributed by atoms with Crippen molar-refractivity contribution in [2.75, 3.05) is 6.54 Å². The van der Waals surface area contributed by atoms with Gasteiger partial charge in [0, 0.05) is 17.3 Å². The van der Waals surface area contributed by atoms with E-state index in [9.17, 15) is 9.90 Å². The van der Waals surface area contributed by atoms with Crippen LogP contribution in [0.25, 0.3) is 0 Å². The van der Waals surface area contributed by atoms with Gasteiger partial charge in [0.25, 0.3) is 0 Å². The fourth-order valence-corrected chi connectivity index (χ4v) is 3.26. The van der Waals surface area contributed by atoms with Crippen LogP contribution < -0.4 is 5.32 Å². The first kappa shape index (κ1) is 12.6. The van der Waals surface area contributed by atoms with Crippen molar-refractivity contribution in [3.63, 3.8) is 0 Å². The summed E-state index contributed by atoms with van der Waals surface area (Å²) in [5, 5.41) is 14.8. The predicted molar refractivity (Wildman–Crippen MR) is 69.0 cm³/mol. The van der Waals surface area contributed by atoms with Gasteiger partial charge in [-0.15, -0.1) is 11.3 Å². The molecule has 1 aromatic rings. The predicted octanol–water partition coefficient (Wildman–Crippen LogP) is 2.40. The molecule has 1 heterocycles. The first-order chi connectivity index (χ1) is 8.18. The number of aliphatic hydroxyl groups excluding tert-OH is 1. The van der Waals surface area contributed by atoms with Gasteiger partial charge in [-0.2, -0.15) is 0 Å². The lowest BCUT2D eigenvalue weighted by Gasteiger charge is -2.14. The molecule has 17 heavy (non-hydrogen) atoms. The van der Waals surface area contributed by atoms with E-state index >= 15 is 0 Å². The SMILES string of the molecule is Cc1ccsc1C(O)CNC(=O)C1CCCC1. The monoisotopic (exact) mass is 253 g/mol. The minimum absolute atomic E-state index is 0.107. The quantitative estimate of drug-likeness (QED) is 0.865. The molecule has 4 heteroatoms. The van der Waals surface area contributed by atoms with Gasteiger partial charge in [-0.1, -0.05) is 12.8 Å². The fourth-order valence-electron chi connectivity index (χ4n) is 2.35. The summed E-state index contributed by atoms with van der Waals surface area (Å²) in [5.41, 5.74) is 1.10. The summed E-state index contributed by atoms with van der Waals surface area (Å²) >= 11 is 1.54. The smallest absolute Gasteiger partial charge is 0.223 e. The lowest BCUT2D eigenvalue weighted by molar-refractivity contribution is -0.125. The molecule has 1 aliphatic rings. The zero-order valence-corrected chi connectivity index (χ0v) is 10.9. The van der Waals surface area contributed by atoms with Gasteiger partial charge in [-0.3, -0.25) is 4.79 Å². The molecule has 0 saturated heterocycles. The zero-order valence-electron chi connectivity index (χ0n) is 10.1. The van der Waals surface area contributed by atoms with Crippen molar-refractivity contribution < 1.29 is 9.90 Å². The highest BCUT2D eigenvalue weighted by Gasteiger charge is 2.23. The van der Waals surface area contributed by atoms with Crippen LogP contribution in [0.5, 0.6) is 0 Å². The molecule has 1 atom stereocenters. The minimum Gasteiger partial charge on any atom is -0.386 e. The molecule has 1 amide bonds. The summed E-state index contributed by atoms with van der Waals surface area (Å²) in [6.07, 6.45) is 3.75. The summed E-state index contributed by atoms with van der Waals surface area (Å²) < 4.78 is 0. The van der Waals surface area contributed by atoms with Crippen molar-refractivity contribution in [1.29, 1.82) is 0 Å². The van der Waals surface area contributed by atoms with Crippen molar-refractivity contribution in [1.82, 2.24) is 5.32 Å². The highest BCUT2D eigenvalue weighted by Crippen LogP contribution is 2.26. The third kappa shape index (κ3) is 3.07. The molecule has 2 N–H and O–H groups in total. The number of thiophene rings is 1. The lowest BCUT2D eigenvalue weighted by Crippen LogP contribution is -2.32. The van der Waals surface area contributed by atoms with Crippen LogP contribution in [0.4, 0.5) is 0 Å². The molecule has 1 unspecified atom stereocenters. The van der Waals surface area contributed by atoms with E-state index in [-0.39, 0.29) is 11.8 Å². The van der Waals surface area contributed by atoms with E-state index in [4.69, 9.17) is 0 Å². The summed E-state index contributed by atoms with van der Waals surface area (Å²) in [6, 6.07) is 1.99. The normalized spacial score (nSPS) is 18.2. The zero-order chi connectivity index (χ0) is 12.3. The molecule has 0 aromatic carbocycles.